The molecule has 0 aliphatic carbocycles. The average molecular weight is 531 g/mol. The zero-order valence-corrected chi connectivity index (χ0v) is 19.1. The van der Waals surface area contributed by atoms with Crippen molar-refractivity contribution in [2.24, 2.45) is 0 Å². The zero-order valence-electron chi connectivity index (χ0n) is 18.3. The Morgan fingerprint density at radius 2 is 1.70 bits per heavy atom. The summed E-state index contributed by atoms with van der Waals surface area (Å²) in [5.41, 5.74) is -2.24. The molecule has 37 heavy (non-hydrogen) atoms. The molecule has 2 amide bonds. The molecule has 0 radical (unpaired) electrons. The lowest BCUT2D eigenvalue weighted by atomic mass is 10.1. The largest absolute Gasteiger partial charge is 0.450 e. The molecule has 3 aromatic carbocycles. The quantitative estimate of drug-likeness (QED) is 0.119. The number of nitro groups is 1. The Labute approximate surface area is 210 Å². The fourth-order valence-electron chi connectivity index (χ4n) is 3.36. The van der Waals surface area contributed by atoms with Gasteiger partial charge in [-0.15, -0.1) is 0 Å². The molecule has 1 N–H and O–H groups in total. The molecule has 0 atom stereocenters. The molecule has 1 saturated heterocycles. The van der Waals surface area contributed by atoms with Gasteiger partial charge >= 0.3 is 11.9 Å². The Balaban J connectivity index is 1.59. The van der Waals surface area contributed by atoms with Crippen molar-refractivity contribution in [3.8, 4) is 11.5 Å². The van der Waals surface area contributed by atoms with E-state index in [1.807, 2.05) is 0 Å². The number of para-hydroxylation sites is 1. The van der Waals surface area contributed by atoms with Gasteiger partial charge < -0.3 is 4.74 Å². The first-order chi connectivity index (χ1) is 17.5. The SMILES string of the molecule is O=C1NC(=S)N(c2ccccc2F)C(=O)C1=Cc1ccc(Oc2ccc(C(F)(F)F)cc2[N+](=O)[O-])cc1. The number of thiocarbonyl (C=S) groups is 1. The van der Waals surface area contributed by atoms with E-state index in [1.54, 1.807) is 0 Å². The van der Waals surface area contributed by atoms with Crippen LogP contribution in [-0.2, 0) is 15.8 Å². The minimum absolute atomic E-state index is 0.0404. The van der Waals surface area contributed by atoms with Gasteiger partial charge in [0.1, 0.15) is 17.1 Å². The Hall–Kier alpha value is -4.65. The third kappa shape index (κ3) is 5.30. The van der Waals surface area contributed by atoms with Crippen LogP contribution in [0.2, 0.25) is 0 Å². The highest BCUT2D eigenvalue weighted by atomic mass is 32.1. The molecule has 0 aromatic heterocycles. The van der Waals surface area contributed by atoms with Crippen LogP contribution in [0.25, 0.3) is 6.08 Å². The van der Waals surface area contributed by atoms with Crippen molar-refractivity contribution in [3.05, 3.63) is 99.4 Å². The molecule has 1 aliphatic heterocycles. The van der Waals surface area contributed by atoms with E-state index < -0.39 is 45.7 Å². The van der Waals surface area contributed by atoms with Crippen LogP contribution in [0.1, 0.15) is 11.1 Å². The van der Waals surface area contributed by atoms with Gasteiger partial charge in [0, 0.05) is 6.07 Å². The van der Waals surface area contributed by atoms with Crippen molar-refractivity contribution < 1.29 is 36.8 Å². The summed E-state index contributed by atoms with van der Waals surface area (Å²) in [7, 11) is 0. The van der Waals surface area contributed by atoms with E-state index in [0.717, 1.165) is 17.0 Å². The monoisotopic (exact) mass is 531 g/mol. The number of carbonyl (C=O) groups is 2. The standard InChI is InChI=1S/C24H13F4N3O5S/c25-17-3-1-2-4-18(17)30-22(33)16(21(32)29-23(30)37)11-13-5-8-15(9-6-13)36-20-10-7-14(24(26,27)28)12-19(20)31(34)35/h1-12H,(H,29,32,37). The van der Waals surface area contributed by atoms with Crippen LogP contribution in [0, 0.1) is 15.9 Å². The van der Waals surface area contributed by atoms with Gasteiger partial charge in [0.2, 0.25) is 5.75 Å². The zero-order chi connectivity index (χ0) is 26.9. The van der Waals surface area contributed by atoms with Crippen LogP contribution in [0.15, 0.2) is 72.3 Å². The van der Waals surface area contributed by atoms with Crippen molar-refractivity contribution in [2.75, 3.05) is 4.90 Å². The lowest BCUT2D eigenvalue weighted by Gasteiger charge is -2.29. The number of nitro benzene ring substituents is 1. The summed E-state index contributed by atoms with van der Waals surface area (Å²) in [5, 5.41) is 13.3. The number of halogens is 4. The number of amides is 2. The first-order valence-electron chi connectivity index (χ1n) is 10.3. The molecule has 0 saturated carbocycles. The molecule has 4 rings (SSSR count). The van der Waals surface area contributed by atoms with Gasteiger partial charge in [0.25, 0.3) is 11.8 Å². The Morgan fingerprint density at radius 1 is 1.03 bits per heavy atom. The van der Waals surface area contributed by atoms with Crippen LogP contribution >= 0.6 is 12.2 Å². The van der Waals surface area contributed by atoms with Gasteiger partial charge in [-0.1, -0.05) is 24.3 Å². The fraction of sp³-hybridized carbons (Fsp3) is 0.0417. The van der Waals surface area contributed by atoms with Crippen LogP contribution in [0.4, 0.5) is 28.9 Å². The molecule has 3 aromatic rings. The van der Waals surface area contributed by atoms with E-state index in [0.29, 0.717) is 17.7 Å². The number of anilines is 1. The Bertz CT molecular complexity index is 1470. The van der Waals surface area contributed by atoms with Crippen LogP contribution in [-0.4, -0.2) is 21.9 Å². The Kier molecular flexibility index (Phi) is 6.72. The maximum Gasteiger partial charge on any atom is 0.416 e. The van der Waals surface area contributed by atoms with Gasteiger partial charge in [0.05, 0.1) is 16.2 Å². The fourth-order valence-corrected chi connectivity index (χ4v) is 3.63. The molecule has 13 heteroatoms. The average Bonchev–Trinajstić information content (AvgIpc) is 2.83. The van der Waals surface area contributed by atoms with Gasteiger partial charge in [0.15, 0.2) is 5.11 Å². The minimum atomic E-state index is -4.77. The maximum absolute atomic E-state index is 14.3. The summed E-state index contributed by atoms with van der Waals surface area (Å²) in [4.78, 5) is 36.5. The number of nitrogens with one attached hydrogen (secondary N) is 1. The van der Waals surface area contributed by atoms with Crippen LogP contribution in [0.5, 0.6) is 11.5 Å². The predicted molar refractivity (Wildman–Crippen MR) is 127 cm³/mol. The molecular formula is C24H13F4N3O5S. The van der Waals surface area contributed by atoms with Crippen molar-refractivity contribution in [1.29, 1.82) is 0 Å². The van der Waals surface area contributed by atoms with E-state index in [4.69, 9.17) is 17.0 Å². The van der Waals surface area contributed by atoms with Crippen molar-refractivity contribution in [1.82, 2.24) is 5.32 Å². The second-order valence-electron chi connectivity index (χ2n) is 7.52. The second-order valence-corrected chi connectivity index (χ2v) is 7.90. The highest BCUT2D eigenvalue weighted by Gasteiger charge is 2.36. The van der Waals surface area contributed by atoms with Crippen molar-refractivity contribution in [2.45, 2.75) is 6.18 Å². The summed E-state index contributed by atoms with van der Waals surface area (Å²) in [5.74, 6) is -2.77. The lowest BCUT2D eigenvalue weighted by molar-refractivity contribution is -0.385. The number of carbonyl (C=O) groups excluding carboxylic acids is 2. The maximum atomic E-state index is 14.3. The van der Waals surface area contributed by atoms with E-state index in [1.165, 1.54) is 48.5 Å². The summed E-state index contributed by atoms with van der Waals surface area (Å²) in [6.45, 7) is 0. The molecule has 1 fully saturated rings. The molecule has 0 spiro atoms. The molecule has 188 valence electrons. The van der Waals surface area contributed by atoms with Gasteiger partial charge in [-0.25, -0.2) is 9.29 Å². The molecule has 0 unspecified atom stereocenters. The van der Waals surface area contributed by atoms with Gasteiger partial charge in [-0.3, -0.25) is 25.0 Å². The number of benzene rings is 3. The van der Waals surface area contributed by atoms with E-state index in [2.05, 4.69) is 5.32 Å². The number of rotatable bonds is 5. The third-order valence-corrected chi connectivity index (χ3v) is 5.38. The number of hydrogen-bond acceptors (Lipinski definition) is 6. The summed E-state index contributed by atoms with van der Waals surface area (Å²) in [6, 6.07) is 12.7. The van der Waals surface area contributed by atoms with Crippen LogP contribution < -0.4 is 15.0 Å². The highest BCUT2D eigenvalue weighted by Crippen LogP contribution is 2.38. The minimum Gasteiger partial charge on any atom is -0.450 e. The summed E-state index contributed by atoms with van der Waals surface area (Å²) < 4.78 is 58.3. The molecule has 8 nitrogen and oxygen atoms in total. The Morgan fingerprint density at radius 3 is 2.32 bits per heavy atom. The molecular weight excluding hydrogens is 518 g/mol. The van der Waals surface area contributed by atoms with E-state index in [-0.39, 0.29) is 22.1 Å². The number of hydrogen-bond donors (Lipinski definition) is 1. The van der Waals surface area contributed by atoms with Gasteiger partial charge in [-0.05, 0) is 60.3 Å². The lowest BCUT2D eigenvalue weighted by Crippen LogP contribution is -2.54. The molecule has 0 bridgehead atoms. The van der Waals surface area contributed by atoms with E-state index in [9.17, 15) is 37.3 Å². The van der Waals surface area contributed by atoms with E-state index >= 15 is 0 Å². The predicted octanol–water partition coefficient (Wildman–Crippen LogP) is 5.38. The summed E-state index contributed by atoms with van der Waals surface area (Å²) in [6.07, 6.45) is -3.55. The highest BCUT2D eigenvalue weighted by molar-refractivity contribution is 7.80. The topological polar surface area (TPSA) is 102 Å². The normalized spacial score (nSPS) is 15.1. The number of alkyl halides is 3. The third-order valence-electron chi connectivity index (χ3n) is 5.10. The first kappa shape index (κ1) is 25.4. The smallest absolute Gasteiger partial charge is 0.416 e. The number of nitrogens with zero attached hydrogens (tertiary/aromatic N) is 2. The number of ether oxygens (including phenoxy) is 1. The van der Waals surface area contributed by atoms with Gasteiger partial charge in [-0.2, -0.15) is 13.2 Å². The van der Waals surface area contributed by atoms with Crippen molar-refractivity contribution >= 4 is 46.6 Å². The molecule has 1 heterocycles. The molecule has 1 aliphatic rings. The summed E-state index contributed by atoms with van der Waals surface area (Å²) >= 11 is 5.03. The first-order valence-corrected chi connectivity index (χ1v) is 10.7. The van der Waals surface area contributed by atoms with Crippen LogP contribution in [0.3, 0.4) is 0 Å². The second kappa shape index (κ2) is 9.78. The van der Waals surface area contributed by atoms with Crippen molar-refractivity contribution in [3.63, 3.8) is 0 Å².